The molecule has 3 rings (SSSR count). The Morgan fingerprint density at radius 2 is 2.24 bits per heavy atom. The minimum absolute atomic E-state index is 0.0895. The van der Waals surface area contributed by atoms with Gasteiger partial charge in [0, 0.05) is 12.3 Å². The van der Waals surface area contributed by atoms with Crippen LogP contribution in [0.1, 0.15) is 29.3 Å². The largest absolute Gasteiger partial charge is 0.535 e. The molecule has 2 heterocycles. The van der Waals surface area contributed by atoms with Crippen LogP contribution in [0.4, 0.5) is 0 Å². The highest BCUT2D eigenvalue weighted by atomic mass is 16.5. The topological polar surface area (TPSA) is 109 Å². The number of fused-ring (bicyclic) bond motifs is 1. The molecule has 8 nitrogen and oxygen atoms in total. The van der Waals surface area contributed by atoms with Crippen molar-refractivity contribution in [2.75, 3.05) is 13.1 Å². The van der Waals surface area contributed by atoms with E-state index in [9.17, 15) is 19.7 Å². The summed E-state index contributed by atoms with van der Waals surface area (Å²) >= 11 is 0. The van der Waals surface area contributed by atoms with Gasteiger partial charge in [0.2, 0.25) is 5.91 Å². The highest BCUT2D eigenvalue weighted by Crippen LogP contribution is 2.37. The minimum Gasteiger partial charge on any atom is -0.535 e. The van der Waals surface area contributed by atoms with E-state index in [0.717, 1.165) is 5.56 Å². The third kappa shape index (κ3) is 4.61. The smallest absolute Gasteiger partial charge is 0.522 e. The van der Waals surface area contributed by atoms with Gasteiger partial charge in [0.05, 0.1) is 25.2 Å². The Morgan fingerprint density at radius 1 is 1.48 bits per heavy atom. The molecule has 1 amide bonds. The lowest BCUT2D eigenvalue weighted by Crippen LogP contribution is -2.56. The van der Waals surface area contributed by atoms with E-state index in [2.05, 4.69) is 10.9 Å². The van der Waals surface area contributed by atoms with Crippen LogP contribution in [-0.2, 0) is 11.2 Å². The number of carbonyl (C=O) groups is 2. The number of terminal acetylenes is 1. The van der Waals surface area contributed by atoms with Gasteiger partial charge in [-0.3, -0.25) is 9.79 Å². The van der Waals surface area contributed by atoms with Crippen LogP contribution in [0, 0.1) is 12.3 Å². The van der Waals surface area contributed by atoms with Gasteiger partial charge in [0.1, 0.15) is 23.2 Å². The van der Waals surface area contributed by atoms with Gasteiger partial charge >= 0.3 is 13.1 Å². The highest BCUT2D eigenvalue weighted by molar-refractivity contribution is 6.44. The maximum atomic E-state index is 12.3. The normalized spacial score (nSPS) is 16.7. The fraction of sp³-hybridized carbons (Fsp3) is 0.350. The van der Waals surface area contributed by atoms with Crippen LogP contribution in [0.3, 0.4) is 0 Å². The number of amides is 1. The lowest BCUT2D eigenvalue weighted by atomic mass is 9.78. The second-order valence-electron chi connectivity index (χ2n) is 6.75. The Balaban J connectivity index is 1.65. The Labute approximate surface area is 169 Å². The summed E-state index contributed by atoms with van der Waals surface area (Å²) in [4.78, 5) is 29.8. The maximum Gasteiger partial charge on any atom is 0.522 e. The summed E-state index contributed by atoms with van der Waals surface area (Å²) in [6.45, 7) is 2.40. The number of aliphatic imine (C=N–C) groups is 1. The molecule has 2 N–H and O–H groups in total. The summed E-state index contributed by atoms with van der Waals surface area (Å²) in [5.74, 6) is 1.34. The molecule has 0 radical (unpaired) electrons. The zero-order valence-electron chi connectivity index (χ0n) is 16.0. The van der Waals surface area contributed by atoms with Gasteiger partial charge < -0.3 is 24.4 Å². The van der Waals surface area contributed by atoms with E-state index in [-0.39, 0.29) is 35.5 Å². The number of likely N-dealkylation sites (tertiary alicyclic amines) is 1. The van der Waals surface area contributed by atoms with Crippen molar-refractivity contribution >= 4 is 25.2 Å². The standard InChI is InChI=1S/C20H21BN2O6/c1-3-5-14(22-4-2)10-17(24)23-11-15(12-23)28-16-7-6-13-8-9-21(27)29-19(13)18(16)20(25)26/h1,4-7,15,27H,8-12H2,2H3,(H,25,26)/b14-5-,22-4-. The predicted octanol–water partition coefficient (Wildman–Crippen LogP) is 1.39. The van der Waals surface area contributed by atoms with E-state index in [1.165, 1.54) is 6.08 Å². The van der Waals surface area contributed by atoms with Crippen molar-refractivity contribution in [3.63, 3.8) is 0 Å². The molecule has 0 unspecified atom stereocenters. The van der Waals surface area contributed by atoms with Crippen LogP contribution in [-0.4, -0.2) is 59.4 Å². The van der Waals surface area contributed by atoms with Crippen molar-refractivity contribution in [3.8, 4) is 23.8 Å². The number of ether oxygens (including phenoxy) is 1. The maximum absolute atomic E-state index is 12.3. The van der Waals surface area contributed by atoms with Crippen LogP contribution in [0.2, 0.25) is 6.32 Å². The number of hydrogen-bond donors (Lipinski definition) is 2. The van der Waals surface area contributed by atoms with Gasteiger partial charge in [0.25, 0.3) is 0 Å². The number of carbonyl (C=O) groups excluding carboxylic acids is 1. The highest BCUT2D eigenvalue weighted by Gasteiger charge is 2.35. The van der Waals surface area contributed by atoms with Gasteiger partial charge in [-0.15, -0.1) is 6.42 Å². The van der Waals surface area contributed by atoms with E-state index in [1.807, 2.05) is 0 Å². The van der Waals surface area contributed by atoms with Crippen LogP contribution in [0.5, 0.6) is 11.5 Å². The van der Waals surface area contributed by atoms with E-state index >= 15 is 0 Å². The fourth-order valence-corrected chi connectivity index (χ4v) is 3.27. The van der Waals surface area contributed by atoms with Crippen molar-refractivity contribution in [3.05, 3.63) is 35.0 Å². The number of carboxylic acid groups (broad SMARTS) is 1. The van der Waals surface area contributed by atoms with E-state index in [1.54, 1.807) is 30.2 Å². The van der Waals surface area contributed by atoms with Crippen LogP contribution < -0.4 is 9.39 Å². The first-order valence-corrected chi connectivity index (χ1v) is 9.25. The molecular formula is C20H21BN2O6. The molecule has 0 saturated carbocycles. The molecular weight excluding hydrogens is 375 g/mol. The second-order valence-corrected chi connectivity index (χ2v) is 6.75. The zero-order valence-corrected chi connectivity index (χ0v) is 16.0. The Kier molecular flexibility index (Phi) is 6.24. The lowest BCUT2D eigenvalue weighted by molar-refractivity contribution is -0.139. The Morgan fingerprint density at radius 3 is 2.90 bits per heavy atom. The van der Waals surface area contributed by atoms with E-state index < -0.39 is 13.1 Å². The van der Waals surface area contributed by atoms with Gasteiger partial charge in [-0.05, 0) is 31.3 Å². The van der Waals surface area contributed by atoms with Gasteiger partial charge in [-0.1, -0.05) is 12.0 Å². The quantitative estimate of drug-likeness (QED) is 0.427. The summed E-state index contributed by atoms with van der Waals surface area (Å²) in [5.41, 5.74) is 1.11. The monoisotopic (exact) mass is 396 g/mol. The molecule has 1 saturated heterocycles. The van der Waals surface area contributed by atoms with Crippen molar-refractivity contribution < 1.29 is 29.1 Å². The molecule has 0 atom stereocenters. The third-order valence-electron chi connectivity index (χ3n) is 4.70. The molecule has 150 valence electrons. The number of nitrogens with zero attached hydrogens (tertiary/aromatic N) is 2. The SMILES string of the molecule is C#C/C=C(CC(=O)N1CC(Oc2ccc3c(c2C(=O)O)OB(O)CC3)C1)\N=C/C. The van der Waals surface area contributed by atoms with E-state index in [4.69, 9.17) is 15.8 Å². The summed E-state index contributed by atoms with van der Waals surface area (Å²) in [6, 6.07) is 3.34. The van der Waals surface area contributed by atoms with Gasteiger partial charge in [-0.2, -0.15) is 0 Å². The first-order chi connectivity index (χ1) is 13.9. The van der Waals surface area contributed by atoms with Crippen molar-refractivity contribution in [1.82, 2.24) is 4.90 Å². The number of benzene rings is 1. The molecule has 9 heteroatoms. The third-order valence-corrected chi connectivity index (χ3v) is 4.70. The molecule has 29 heavy (non-hydrogen) atoms. The Hall–Kier alpha value is -3.25. The molecule has 0 aliphatic carbocycles. The Bertz CT molecular complexity index is 914. The first kappa shape index (κ1) is 20.5. The average molecular weight is 396 g/mol. The van der Waals surface area contributed by atoms with Crippen molar-refractivity contribution in [2.24, 2.45) is 4.99 Å². The number of aryl methyl sites for hydroxylation is 1. The summed E-state index contributed by atoms with van der Waals surface area (Å²) in [6.07, 6.45) is 8.95. The number of rotatable bonds is 6. The summed E-state index contributed by atoms with van der Waals surface area (Å²) in [5, 5.41) is 19.3. The number of allylic oxidation sites excluding steroid dienone is 1. The average Bonchev–Trinajstić information content (AvgIpc) is 2.63. The van der Waals surface area contributed by atoms with E-state index in [0.29, 0.717) is 31.5 Å². The molecule has 1 aromatic rings. The number of carboxylic acids is 1. The molecule has 1 aromatic carbocycles. The number of hydrogen-bond acceptors (Lipinski definition) is 6. The molecule has 0 bridgehead atoms. The van der Waals surface area contributed by atoms with Crippen LogP contribution in [0.25, 0.3) is 0 Å². The van der Waals surface area contributed by atoms with Crippen molar-refractivity contribution in [2.45, 2.75) is 32.2 Å². The van der Waals surface area contributed by atoms with Crippen LogP contribution >= 0.6 is 0 Å². The number of aromatic carboxylic acids is 1. The first-order valence-electron chi connectivity index (χ1n) is 9.25. The second kappa shape index (κ2) is 8.84. The van der Waals surface area contributed by atoms with Crippen LogP contribution in [0.15, 0.2) is 28.9 Å². The summed E-state index contributed by atoms with van der Waals surface area (Å²) < 4.78 is 11.2. The minimum atomic E-state index is -1.19. The fourth-order valence-electron chi connectivity index (χ4n) is 3.27. The molecule has 1 fully saturated rings. The summed E-state index contributed by atoms with van der Waals surface area (Å²) in [7, 11) is -1.04. The molecule has 0 aromatic heterocycles. The van der Waals surface area contributed by atoms with Gasteiger partial charge in [0.15, 0.2) is 0 Å². The van der Waals surface area contributed by atoms with Gasteiger partial charge in [-0.25, -0.2) is 4.79 Å². The zero-order chi connectivity index (χ0) is 21.0. The lowest BCUT2D eigenvalue weighted by Gasteiger charge is -2.39. The molecule has 2 aliphatic rings. The van der Waals surface area contributed by atoms with Crippen molar-refractivity contribution in [1.29, 1.82) is 0 Å². The molecule has 0 spiro atoms. The molecule has 2 aliphatic heterocycles. The predicted molar refractivity (Wildman–Crippen MR) is 107 cm³/mol.